The van der Waals surface area contributed by atoms with Crippen LogP contribution < -0.4 is 16.0 Å². The van der Waals surface area contributed by atoms with Gasteiger partial charge < -0.3 is 4.90 Å². The summed E-state index contributed by atoms with van der Waals surface area (Å²) >= 11 is 0. The minimum Gasteiger partial charge on any atom is -0.377 e. The second-order valence-corrected chi connectivity index (χ2v) is 5.90. The van der Waals surface area contributed by atoms with Crippen molar-refractivity contribution in [1.82, 2.24) is 10.2 Å². The van der Waals surface area contributed by atoms with E-state index in [1.54, 1.807) is 12.1 Å². The fraction of sp³-hybridized carbons (Fsp3) is 0.111. The number of hydrogen-bond donors (Lipinski definition) is 2. The molecule has 0 fully saturated rings. The van der Waals surface area contributed by atoms with Crippen LogP contribution in [0.3, 0.4) is 0 Å². The average Bonchev–Trinajstić information content (AvgIpc) is 2.54. The van der Waals surface area contributed by atoms with Gasteiger partial charge in [-0.1, -0.05) is 12.1 Å². The number of fused-ring (bicyclic) bond motifs is 3. The number of aromatic amines is 2. The maximum Gasteiger partial charge on any atom is 0.270 e. The van der Waals surface area contributed by atoms with Gasteiger partial charge in [-0.15, -0.1) is 0 Å². The second-order valence-electron chi connectivity index (χ2n) is 5.90. The van der Waals surface area contributed by atoms with Gasteiger partial charge in [0.2, 0.25) is 0 Å². The third kappa shape index (κ3) is 2.01. The fourth-order valence-electron chi connectivity index (χ4n) is 3.07. The Bertz CT molecular complexity index is 1190. The standard InChI is InChI=1S/C18H15N3O2/c1-21(2)16-5-3-4-10-6-11-8-14-15(9-12(11)7-13(10)16)18(23)20-19-17(14)22/h3-9H,1-2H3,(H,19,22)(H,20,23). The van der Waals surface area contributed by atoms with Crippen LogP contribution in [-0.2, 0) is 0 Å². The lowest BCUT2D eigenvalue weighted by Crippen LogP contribution is -2.18. The summed E-state index contributed by atoms with van der Waals surface area (Å²) in [6.07, 6.45) is 0. The lowest BCUT2D eigenvalue weighted by atomic mass is 10.00. The van der Waals surface area contributed by atoms with E-state index in [1.165, 1.54) is 0 Å². The number of nitrogens with one attached hydrogen (secondary N) is 2. The molecule has 1 heterocycles. The third-order valence-corrected chi connectivity index (χ3v) is 4.21. The number of benzene rings is 3. The Balaban J connectivity index is 2.20. The highest BCUT2D eigenvalue weighted by atomic mass is 16.1. The lowest BCUT2D eigenvalue weighted by Gasteiger charge is -2.16. The molecule has 0 radical (unpaired) electrons. The lowest BCUT2D eigenvalue weighted by molar-refractivity contribution is 0.977. The summed E-state index contributed by atoms with van der Waals surface area (Å²) in [6.45, 7) is 0. The van der Waals surface area contributed by atoms with Crippen molar-refractivity contribution >= 4 is 38.0 Å². The molecule has 0 saturated heterocycles. The molecule has 0 aliphatic rings. The monoisotopic (exact) mass is 305 g/mol. The summed E-state index contributed by atoms with van der Waals surface area (Å²) in [7, 11) is 4.01. The first-order valence-electron chi connectivity index (χ1n) is 7.33. The van der Waals surface area contributed by atoms with Crippen LogP contribution in [-0.4, -0.2) is 24.3 Å². The molecule has 0 aliphatic heterocycles. The minimum absolute atomic E-state index is 0.288. The predicted octanol–water partition coefficient (Wildman–Crippen LogP) is 2.59. The van der Waals surface area contributed by atoms with E-state index in [0.29, 0.717) is 10.8 Å². The molecular formula is C18H15N3O2. The molecule has 5 heteroatoms. The zero-order valence-corrected chi connectivity index (χ0v) is 12.8. The minimum atomic E-state index is -0.289. The SMILES string of the molecule is CN(C)c1cccc2cc3cc4c(=O)[nH][nH]c(=O)c4cc3cc12. The molecule has 114 valence electrons. The third-order valence-electron chi connectivity index (χ3n) is 4.21. The Morgan fingerprint density at radius 2 is 1.30 bits per heavy atom. The highest BCUT2D eigenvalue weighted by molar-refractivity contribution is 6.07. The molecule has 0 unspecified atom stereocenters. The number of aromatic nitrogens is 2. The van der Waals surface area contributed by atoms with Crippen LogP contribution in [0.5, 0.6) is 0 Å². The molecule has 0 aliphatic carbocycles. The van der Waals surface area contributed by atoms with Crippen LogP contribution in [0, 0.1) is 0 Å². The van der Waals surface area contributed by atoms with Crippen molar-refractivity contribution in [2.45, 2.75) is 0 Å². The van der Waals surface area contributed by atoms with Crippen molar-refractivity contribution in [3.63, 3.8) is 0 Å². The number of anilines is 1. The van der Waals surface area contributed by atoms with E-state index in [4.69, 9.17) is 0 Å². The molecule has 5 nitrogen and oxygen atoms in total. The van der Waals surface area contributed by atoms with E-state index in [9.17, 15) is 9.59 Å². The van der Waals surface area contributed by atoms with Crippen molar-refractivity contribution < 1.29 is 0 Å². The normalized spacial score (nSPS) is 11.4. The molecule has 0 bridgehead atoms. The zero-order valence-electron chi connectivity index (χ0n) is 12.8. The van der Waals surface area contributed by atoms with Crippen LogP contribution in [0.4, 0.5) is 5.69 Å². The van der Waals surface area contributed by atoms with Gasteiger partial charge in [0.25, 0.3) is 11.1 Å². The van der Waals surface area contributed by atoms with E-state index in [1.807, 2.05) is 26.2 Å². The average molecular weight is 305 g/mol. The Labute approximate surface area is 131 Å². The molecule has 4 rings (SSSR count). The van der Waals surface area contributed by atoms with Gasteiger partial charge in [-0.05, 0) is 46.5 Å². The summed E-state index contributed by atoms with van der Waals surface area (Å²) in [5, 5.41) is 9.65. The van der Waals surface area contributed by atoms with E-state index in [-0.39, 0.29) is 11.1 Å². The van der Waals surface area contributed by atoms with Gasteiger partial charge in [0.15, 0.2) is 0 Å². The van der Waals surface area contributed by atoms with Gasteiger partial charge in [-0.3, -0.25) is 19.8 Å². The van der Waals surface area contributed by atoms with Crippen molar-refractivity contribution in [1.29, 1.82) is 0 Å². The van der Waals surface area contributed by atoms with Crippen LogP contribution in [0.15, 0.2) is 52.1 Å². The molecule has 0 spiro atoms. The zero-order chi connectivity index (χ0) is 16.1. The topological polar surface area (TPSA) is 69.0 Å². The molecule has 23 heavy (non-hydrogen) atoms. The van der Waals surface area contributed by atoms with E-state index >= 15 is 0 Å². The van der Waals surface area contributed by atoms with E-state index in [2.05, 4.69) is 33.3 Å². The van der Waals surface area contributed by atoms with Crippen molar-refractivity contribution in [2.75, 3.05) is 19.0 Å². The van der Waals surface area contributed by atoms with Crippen molar-refractivity contribution in [3.8, 4) is 0 Å². The second kappa shape index (κ2) is 4.71. The Morgan fingerprint density at radius 3 is 1.91 bits per heavy atom. The highest BCUT2D eigenvalue weighted by Gasteiger charge is 2.08. The first-order valence-corrected chi connectivity index (χ1v) is 7.33. The van der Waals surface area contributed by atoms with Gasteiger partial charge in [0.05, 0.1) is 10.8 Å². The predicted molar refractivity (Wildman–Crippen MR) is 94.5 cm³/mol. The van der Waals surface area contributed by atoms with E-state index < -0.39 is 0 Å². The molecule has 2 N–H and O–H groups in total. The Kier molecular flexibility index (Phi) is 2.78. The van der Waals surface area contributed by atoms with Crippen LogP contribution >= 0.6 is 0 Å². The molecule has 1 aromatic heterocycles. The Morgan fingerprint density at radius 1 is 0.739 bits per heavy atom. The van der Waals surface area contributed by atoms with Crippen LogP contribution in [0.25, 0.3) is 32.3 Å². The quantitative estimate of drug-likeness (QED) is 0.531. The summed E-state index contributed by atoms with van der Waals surface area (Å²) < 4.78 is 0. The van der Waals surface area contributed by atoms with Crippen molar-refractivity contribution in [2.24, 2.45) is 0 Å². The maximum atomic E-state index is 12.0. The largest absolute Gasteiger partial charge is 0.377 e. The molecule has 3 aromatic carbocycles. The fourth-order valence-corrected chi connectivity index (χ4v) is 3.07. The molecular weight excluding hydrogens is 290 g/mol. The smallest absolute Gasteiger partial charge is 0.270 e. The van der Waals surface area contributed by atoms with Gasteiger partial charge in [-0.2, -0.15) is 0 Å². The first kappa shape index (κ1) is 13.6. The molecule has 0 amide bonds. The van der Waals surface area contributed by atoms with Gasteiger partial charge >= 0.3 is 0 Å². The molecule has 4 aromatic rings. The first-order chi connectivity index (χ1) is 11.0. The summed E-state index contributed by atoms with van der Waals surface area (Å²) in [4.78, 5) is 26.0. The number of nitrogens with zero attached hydrogens (tertiary/aromatic N) is 1. The van der Waals surface area contributed by atoms with Crippen molar-refractivity contribution in [3.05, 3.63) is 63.2 Å². The maximum absolute atomic E-state index is 12.0. The number of H-pyrrole nitrogens is 2. The van der Waals surface area contributed by atoms with Crippen LogP contribution in [0.1, 0.15) is 0 Å². The Hall–Kier alpha value is -3.08. The number of hydrogen-bond acceptors (Lipinski definition) is 3. The summed E-state index contributed by atoms with van der Waals surface area (Å²) in [6, 6.07) is 13.8. The summed E-state index contributed by atoms with van der Waals surface area (Å²) in [5.74, 6) is 0. The van der Waals surface area contributed by atoms with Gasteiger partial charge in [0.1, 0.15) is 0 Å². The molecule has 0 atom stereocenters. The van der Waals surface area contributed by atoms with Gasteiger partial charge in [0, 0.05) is 25.2 Å². The highest BCUT2D eigenvalue weighted by Crippen LogP contribution is 2.30. The van der Waals surface area contributed by atoms with Gasteiger partial charge in [-0.25, -0.2) is 0 Å². The van der Waals surface area contributed by atoms with E-state index in [0.717, 1.165) is 27.2 Å². The number of rotatable bonds is 1. The summed E-state index contributed by atoms with van der Waals surface area (Å²) in [5.41, 5.74) is 0.537. The van der Waals surface area contributed by atoms with Crippen LogP contribution in [0.2, 0.25) is 0 Å². The molecule has 0 saturated carbocycles.